The molecule has 1 saturated heterocycles. The van der Waals surface area contributed by atoms with Gasteiger partial charge in [0.15, 0.2) is 5.78 Å². The molecular formula is C27H27N3O. The predicted molar refractivity (Wildman–Crippen MR) is 126 cm³/mol. The number of hydrogen-bond acceptors (Lipinski definition) is 4. The second-order valence-electron chi connectivity index (χ2n) is 8.49. The van der Waals surface area contributed by atoms with Gasteiger partial charge in [-0.1, -0.05) is 60.7 Å². The molecule has 0 atom stereocenters. The molecule has 5 rings (SSSR count). The molecular weight excluding hydrogens is 382 g/mol. The molecule has 0 unspecified atom stereocenters. The Morgan fingerprint density at radius 1 is 0.871 bits per heavy atom. The maximum atomic E-state index is 12.5. The highest BCUT2D eigenvalue weighted by Gasteiger charge is 2.20. The van der Waals surface area contributed by atoms with Crippen molar-refractivity contribution < 1.29 is 4.79 Å². The van der Waals surface area contributed by atoms with Gasteiger partial charge in [-0.3, -0.25) is 9.69 Å². The van der Waals surface area contributed by atoms with Gasteiger partial charge in [-0.15, -0.1) is 0 Å². The Bertz CT molecular complexity index is 1110. The molecule has 1 aliphatic heterocycles. The summed E-state index contributed by atoms with van der Waals surface area (Å²) in [6.45, 7) is 5.47. The van der Waals surface area contributed by atoms with E-state index in [1.54, 1.807) is 0 Å². The minimum absolute atomic E-state index is 0.135. The first-order valence-electron chi connectivity index (χ1n) is 11.0. The highest BCUT2D eigenvalue weighted by atomic mass is 16.1. The molecule has 0 saturated carbocycles. The van der Waals surface area contributed by atoms with Gasteiger partial charge in [0, 0.05) is 55.8 Å². The number of ketones is 1. The monoisotopic (exact) mass is 409 g/mol. The van der Waals surface area contributed by atoms with E-state index in [4.69, 9.17) is 4.98 Å². The standard InChI is InChI=1S/C27H27N3O/c1-29-14-16-30(17-15-29)19-20-10-12-22(13-11-20)27-23(21-6-3-2-4-7-21)18-24-25(28-27)8-5-9-26(24)31/h2-8,10-13,18H,9,14-17,19H2,1H3. The van der Waals surface area contributed by atoms with Crippen molar-refractivity contribution in [3.8, 4) is 22.4 Å². The lowest BCUT2D eigenvalue weighted by atomic mass is 9.92. The largest absolute Gasteiger partial charge is 0.304 e. The molecule has 0 N–H and O–H groups in total. The van der Waals surface area contributed by atoms with Crippen LogP contribution in [0.15, 0.2) is 66.7 Å². The zero-order valence-corrected chi connectivity index (χ0v) is 17.9. The van der Waals surface area contributed by atoms with Crippen molar-refractivity contribution in [1.29, 1.82) is 0 Å². The number of likely N-dealkylation sites (N-methyl/N-ethyl adjacent to an activating group) is 1. The van der Waals surface area contributed by atoms with E-state index in [9.17, 15) is 4.79 Å². The fourth-order valence-corrected chi connectivity index (χ4v) is 4.36. The van der Waals surface area contributed by atoms with Crippen LogP contribution in [0.5, 0.6) is 0 Å². The molecule has 2 heterocycles. The Morgan fingerprint density at radius 3 is 2.35 bits per heavy atom. The van der Waals surface area contributed by atoms with Gasteiger partial charge in [-0.05, 0) is 30.3 Å². The lowest BCUT2D eigenvalue weighted by Gasteiger charge is -2.32. The highest BCUT2D eigenvalue weighted by molar-refractivity contribution is 6.04. The molecule has 4 heteroatoms. The molecule has 0 radical (unpaired) electrons. The predicted octanol–water partition coefficient (Wildman–Crippen LogP) is 4.76. The molecule has 0 spiro atoms. The van der Waals surface area contributed by atoms with Crippen molar-refractivity contribution in [2.24, 2.45) is 0 Å². The van der Waals surface area contributed by atoms with Crippen LogP contribution >= 0.6 is 0 Å². The molecule has 2 aromatic carbocycles. The van der Waals surface area contributed by atoms with Gasteiger partial charge < -0.3 is 4.90 Å². The number of benzene rings is 2. The van der Waals surface area contributed by atoms with Crippen LogP contribution in [-0.2, 0) is 6.54 Å². The van der Waals surface area contributed by atoms with E-state index < -0.39 is 0 Å². The summed E-state index contributed by atoms with van der Waals surface area (Å²) in [5.41, 5.74) is 6.91. The molecule has 0 bridgehead atoms. The third kappa shape index (κ3) is 4.22. The normalized spacial score (nSPS) is 17.0. The minimum Gasteiger partial charge on any atom is -0.304 e. The summed E-state index contributed by atoms with van der Waals surface area (Å²) in [4.78, 5) is 22.3. The average Bonchev–Trinajstić information content (AvgIpc) is 2.81. The topological polar surface area (TPSA) is 36.4 Å². The van der Waals surface area contributed by atoms with Crippen molar-refractivity contribution in [3.63, 3.8) is 0 Å². The first-order chi connectivity index (χ1) is 15.2. The van der Waals surface area contributed by atoms with Crippen molar-refractivity contribution in [1.82, 2.24) is 14.8 Å². The van der Waals surface area contributed by atoms with Gasteiger partial charge in [0.1, 0.15) is 0 Å². The molecule has 1 aliphatic carbocycles. The number of carbonyl (C=O) groups excluding carboxylic acids is 1. The summed E-state index contributed by atoms with van der Waals surface area (Å²) >= 11 is 0. The molecule has 156 valence electrons. The number of hydrogen-bond donors (Lipinski definition) is 0. The van der Waals surface area contributed by atoms with Gasteiger partial charge in [-0.25, -0.2) is 4.98 Å². The van der Waals surface area contributed by atoms with E-state index in [2.05, 4.69) is 53.2 Å². The summed E-state index contributed by atoms with van der Waals surface area (Å²) in [5, 5.41) is 0. The van der Waals surface area contributed by atoms with Crippen LogP contribution < -0.4 is 0 Å². The Hall–Kier alpha value is -3.08. The van der Waals surface area contributed by atoms with Crippen molar-refractivity contribution in [2.75, 3.05) is 33.2 Å². The second-order valence-corrected chi connectivity index (χ2v) is 8.49. The number of carbonyl (C=O) groups is 1. The third-order valence-corrected chi connectivity index (χ3v) is 6.25. The van der Waals surface area contributed by atoms with E-state index in [0.29, 0.717) is 6.42 Å². The molecule has 1 aromatic heterocycles. The quantitative estimate of drug-likeness (QED) is 0.622. The lowest BCUT2D eigenvalue weighted by Crippen LogP contribution is -2.43. The van der Waals surface area contributed by atoms with Crippen molar-refractivity contribution in [3.05, 3.63) is 83.6 Å². The summed E-state index contributed by atoms with van der Waals surface area (Å²) in [6, 6.07) is 21.0. The molecule has 3 aromatic rings. The zero-order valence-electron chi connectivity index (χ0n) is 17.9. The van der Waals surface area contributed by atoms with E-state index in [0.717, 1.165) is 66.4 Å². The van der Waals surface area contributed by atoms with E-state index in [-0.39, 0.29) is 5.78 Å². The summed E-state index contributed by atoms with van der Waals surface area (Å²) < 4.78 is 0. The molecule has 4 nitrogen and oxygen atoms in total. The number of fused-ring (bicyclic) bond motifs is 1. The Labute approximate surface area is 183 Å². The zero-order chi connectivity index (χ0) is 21.2. The number of allylic oxidation sites excluding steroid dienone is 1. The Balaban J connectivity index is 1.49. The van der Waals surface area contributed by atoms with Crippen molar-refractivity contribution in [2.45, 2.75) is 13.0 Å². The van der Waals surface area contributed by atoms with Gasteiger partial charge in [0.05, 0.1) is 11.4 Å². The molecule has 0 amide bonds. The molecule has 31 heavy (non-hydrogen) atoms. The van der Waals surface area contributed by atoms with Crippen molar-refractivity contribution >= 4 is 11.9 Å². The second kappa shape index (κ2) is 8.58. The SMILES string of the molecule is CN1CCN(Cc2ccc(-c3nc4c(cc3-c3ccccc3)C(=O)CC=C4)cc2)CC1. The lowest BCUT2D eigenvalue weighted by molar-refractivity contribution is 0.0994. The summed E-state index contributed by atoms with van der Waals surface area (Å²) in [7, 11) is 2.19. The van der Waals surface area contributed by atoms with E-state index >= 15 is 0 Å². The highest BCUT2D eigenvalue weighted by Crippen LogP contribution is 2.34. The van der Waals surface area contributed by atoms with Crippen LogP contribution in [0.4, 0.5) is 0 Å². The maximum absolute atomic E-state index is 12.5. The fraction of sp³-hybridized carbons (Fsp3) is 0.259. The van der Waals surface area contributed by atoms with Gasteiger partial charge in [-0.2, -0.15) is 0 Å². The number of nitrogens with zero attached hydrogens (tertiary/aromatic N) is 3. The first-order valence-corrected chi connectivity index (χ1v) is 11.0. The third-order valence-electron chi connectivity index (χ3n) is 6.25. The van der Waals surface area contributed by atoms with Crippen LogP contribution in [0.1, 0.15) is 28.0 Å². The number of piperazine rings is 1. The number of aromatic nitrogens is 1. The van der Waals surface area contributed by atoms with E-state index in [1.165, 1.54) is 5.56 Å². The van der Waals surface area contributed by atoms with Gasteiger partial charge in [0.2, 0.25) is 0 Å². The smallest absolute Gasteiger partial charge is 0.168 e. The Morgan fingerprint density at radius 2 is 1.61 bits per heavy atom. The summed E-state index contributed by atoms with van der Waals surface area (Å²) in [5.74, 6) is 0.135. The summed E-state index contributed by atoms with van der Waals surface area (Å²) in [6.07, 6.45) is 4.32. The van der Waals surface area contributed by atoms with Crippen LogP contribution in [-0.4, -0.2) is 53.8 Å². The van der Waals surface area contributed by atoms with Crippen LogP contribution in [0, 0.1) is 0 Å². The molecule has 2 aliphatic rings. The first kappa shape index (κ1) is 19.9. The number of rotatable bonds is 4. The van der Waals surface area contributed by atoms with Crippen LogP contribution in [0.3, 0.4) is 0 Å². The Kier molecular flexibility index (Phi) is 5.49. The van der Waals surface area contributed by atoms with E-state index in [1.807, 2.05) is 36.4 Å². The number of pyridine rings is 1. The number of Topliss-reactive ketones (excluding diaryl/α,β-unsaturated/α-hetero) is 1. The van der Waals surface area contributed by atoms with Gasteiger partial charge >= 0.3 is 0 Å². The molecule has 1 fully saturated rings. The fourth-order valence-electron chi connectivity index (χ4n) is 4.36. The van der Waals surface area contributed by atoms with Crippen LogP contribution in [0.25, 0.3) is 28.5 Å². The van der Waals surface area contributed by atoms with Crippen LogP contribution in [0.2, 0.25) is 0 Å². The maximum Gasteiger partial charge on any atom is 0.168 e. The minimum atomic E-state index is 0.135. The van der Waals surface area contributed by atoms with Gasteiger partial charge in [0.25, 0.3) is 0 Å². The average molecular weight is 410 g/mol.